The van der Waals surface area contributed by atoms with E-state index in [-0.39, 0.29) is 13.3 Å². The third kappa shape index (κ3) is 3.44. The fourth-order valence-electron chi connectivity index (χ4n) is 0.834. The highest BCUT2D eigenvalue weighted by Crippen LogP contribution is 1.96. The number of carbonyl (C=O) groups excluding carboxylic acids is 1. The Kier molecular flexibility index (Phi) is 3.93. The van der Waals surface area contributed by atoms with Crippen LogP contribution in [-0.4, -0.2) is 29.1 Å². The lowest BCUT2D eigenvalue weighted by atomic mass is 10.6. The molecule has 0 saturated heterocycles. The van der Waals surface area contributed by atoms with Crippen LogP contribution in [0, 0.1) is 0 Å². The molecule has 1 aromatic heterocycles. The van der Waals surface area contributed by atoms with Gasteiger partial charge in [-0.25, -0.2) is 4.79 Å². The van der Waals surface area contributed by atoms with Crippen LogP contribution in [0.25, 0.3) is 0 Å². The lowest BCUT2D eigenvalue weighted by Gasteiger charge is -2.03. The minimum absolute atomic E-state index is 0.0217. The molecule has 1 heterocycles. The lowest BCUT2D eigenvalue weighted by Crippen LogP contribution is -2.15. The molecule has 6 heteroatoms. The van der Waals surface area contributed by atoms with E-state index in [0.29, 0.717) is 12.4 Å². The first-order chi connectivity index (χ1) is 6.72. The van der Waals surface area contributed by atoms with Gasteiger partial charge in [-0.1, -0.05) is 0 Å². The second-order valence-corrected chi connectivity index (χ2v) is 2.57. The molecule has 1 aromatic rings. The van der Waals surface area contributed by atoms with Crippen LogP contribution in [-0.2, 0) is 20.8 Å². The number of hydrogen-bond donors (Lipinski definition) is 1. The molecule has 0 fully saturated rings. The zero-order valence-corrected chi connectivity index (χ0v) is 7.97. The van der Waals surface area contributed by atoms with Crippen molar-refractivity contribution >= 4 is 11.8 Å². The van der Waals surface area contributed by atoms with Gasteiger partial charge in [-0.2, -0.15) is 5.10 Å². The Labute approximate surface area is 81.6 Å². The molecule has 0 spiro atoms. The summed E-state index contributed by atoms with van der Waals surface area (Å²) in [5, 5.41) is 3.83. The number of nitrogens with two attached hydrogens (primary N) is 1. The molecule has 0 radical (unpaired) electrons. The van der Waals surface area contributed by atoms with E-state index in [1.807, 2.05) is 6.92 Å². The zero-order valence-electron chi connectivity index (χ0n) is 7.97. The molecule has 0 aliphatic carbocycles. The summed E-state index contributed by atoms with van der Waals surface area (Å²) in [6, 6.07) is 1.61. The Bertz CT molecular complexity index is 298. The Morgan fingerprint density at radius 3 is 3.07 bits per heavy atom. The monoisotopic (exact) mass is 199 g/mol. The molecule has 2 N–H and O–H groups in total. The second kappa shape index (κ2) is 5.23. The first-order valence-corrected chi connectivity index (χ1v) is 4.24. The van der Waals surface area contributed by atoms with Gasteiger partial charge in [-0.05, 0) is 13.0 Å². The van der Waals surface area contributed by atoms with Crippen LogP contribution < -0.4 is 5.73 Å². The van der Waals surface area contributed by atoms with E-state index in [0.717, 1.165) is 0 Å². The number of carbonyl (C=O) groups is 1. The predicted octanol–water partition coefficient (Wildman–Crippen LogP) is 0.00250. The smallest absolute Gasteiger partial charge is 0.329 e. The molecular formula is C8H13N3O3. The van der Waals surface area contributed by atoms with E-state index in [2.05, 4.69) is 5.10 Å². The van der Waals surface area contributed by atoms with Gasteiger partial charge in [0.2, 0.25) is 0 Å². The number of rotatable bonds is 5. The van der Waals surface area contributed by atoms with E-state index in [9.17, 15) is 4.79 Å². The summed E-state index contributed by atoms with van der Waals surface area (Å²) in [5.41, 5.74) is 5.37. The van der Waals surface area contributed by atoms with Crippen LogP contribution in [0.4, 0.5) is 5.82 Å². The van der Waals surface area contributed by atoms with Crippen LogP contribution in [0.1, 0.15) is 6.92 Å². The quantitative estimate of drug-likeness (QED) is 0.410. The minimum atomic E-state index is -0.401. The SMILES string of the molecule is CCOCOC(=O)Cn1ccc(N)n1. The normalized spacial score (nSPS) is 10.1. The van der Waals surface area contributed by atoms with Crippen LogP contribution in [0.5, 0.6) is 0 Å². The summed E-state index contributed by atoms with van der Waals surface area (Å²) in [4.78, 5) is 11.1. The van der Waals surface area contributed by atoms with Crippen molar-refractivity contribution in [1.82, 2.24) is 9.78 Å². The van der Waals surface area contributed by atoms with Crippen molar-refractivity contribution in [1.29, 1.82) is 0 Å². The van der Waals surface area contributed by atoms with Gasteiger partial charge in [0.1, 0.15) is 12.4 Å². The van der Waals surface area contributed by atoms with Crippen LogP contribution in [0.3, 0.4) is 0 Å². The van der Waals surface area contributed by atoms with Crippen molar-refractivity contribution in [2.75, 3.05) is 19.1 Å². The maximum atomic E-state index is 11.1. The van der Waals surface area contributed by atoms with E-state index >= 15 is 0 Å². The van der Waals surface area contributed by atoms with Crippen molar-refractivity contribution in [3.63, 3.8) is 0 Å². The highest BCUT2D eigenvalue weighted by Gasteiger charge is 2.04. The third-order valence-corrected chi connectivity index (χ3v) is 1.46. The summed E-state index contributed by atoms with van der Waals surface area (Å²) in [5.74, 6) is -0.0239. The topological polar surface area (TPSA) is 79.4 Å². The fraction of sp³-hybridized carbons (Fsp3) is 0.500. The molecule has 0 bridgehead atoms. The molecule has 0 aromatic carbocycles. The molecule has 0 unspecified atom stereocenters. The van der Waals surface area contributed by atoms with Crippen LogP contribution in [0.15, 0.2) is 12.3 Å². The summed E-state index contributed by atoms with van der Waals surface area (Å²) in [6.07, 6.45) is 1.61. The standard InChI is InChI=1S/C8H13N3O3/c1-2-13-6-14-8(12)5-11-4-3-7(9)10-11/h3-4H,2,5-6H2,1H3,(H2,9,10). The Morgan fingerprint density at radius 2 is 2.50 bits per heavy atom. The average Bonchev–Trinajstić information content (AvgIpc) is 2.52. The first-order valence-electron chi connectivity index (χ1n) is 4.24. The van der Waals surface area contributed by atoms with E-state index < -0.39 is 5.97 Å². The van der Waals surface area contributed by atoms with Gasteiger partial charge in [0.25, 0.3) is 0 Å². The highest BCUT2D eigenvalue weighted by molar-refractivity contribution is 5.68. The predicted molar refractivity (Wildman–Crippen MR) is 49.2 cm³/mol. The van der Waals surface area contributed by atoms with Gasteiger partial charge in [-0.15, -0.1) is 0 Å². The van der Waals surface area contributed by atoms with Crippen molar-refractivity contribution in [3.8, 4) is 0 Å². The van der Waals surface area contributed by atoms with Gasteiger partial charge in [0, 0.05) is 12.8 Å². The van der Waals surface area contributed by atoms with Crippen molar-refractivity contribution in [2.24, 2.45) is 0 Å². The number of anilines is 1. The number of esters is 1. The maximum Gasteiger partial charge on any atom is 0.329 e. The molecule has 0 saturated carbocycles. The summed E-state index contributed by atoms with van der Waals surface area (Å²) in [6.45, 7) is 2.36. The Balaban J connectivity index is 2.27. The molecular weight excluding hydrogens is 186 g/mol. The number of hydrogen-bond acceptors (Lipinski definition) is 5. The lowest BCUT2D eigenvalue weighted by molar-refractivity contribution is -0.156. The van der Waals surface area contributed by atoms with Crippen LogP contribution in [0.2, 0.25) is 0 Å². The van der Waals surface area contributed by atoms with Gasteiger partial charge >= 0.3 is 5.97 Å². The van der Waals surface area contributed by atoms with E-state index in [1.54, 1.807) is 12.3 Å². The molecule has 0 aliphatic heterocycles. The van der Waals surface area contributed by atoms with E-state index in [1.165, 1.54) is 4.68 Å². The number of ether oxygens (including phenoxy) is 2. The molecule has 0 amide bonds. The van der Waals surface area contributed by atoms with E-state index in [4.69, 9.17) is 15.2 Å². The zero-order chi connectivity index (χ0) is 10.4. The second-order valence-electron chi connectivity index (χ2n) is 2.57. The average molecular weight is 199 g/mol. The number of aromatic nitrogens is 2. The third-order valence-electron chi connectivity index (χ3n) is 1.46. The maximum absolute atomic E-state index is 11.1. The molecule has 0 atom stereocenters. The van der Waals surface area contributed by atoms with Gasteiger partial charge in [0.05, 0.1) is 0 Å². The van der Waals surface area contributed by atoms with Gasteiger partial charge < -0.3 is 15.2 Å². The summed E-state index contributed by atoms with van der Waals surface area (Å²) < 4.78 is 11.0. The Morgan fingerprint density at radius 1 is 1.71 bits per heavy atom. The molecule has 6 nitrogen and oxygen atoms in total. The largest absolute Gasteiger partial charge is 0.437 e. The molecule has 78 valence electrons. The minimum Gasteiger partial charge on any atom is -0.437 e. The molecule has 0 aliphatic rings. The van der Waals surface area contributed by atoms with Crippen molar-refractivity contribution in [2.45, 2.75) is 13.5 Å². The first kappa shape index (κ1) is 10.5. The number of nitrogens with zero attached hydrogens (tertiary/aromatic N) is 2. The fourth-order valence-corrected chi connectivity index (χ4v) is 0.834. The van der Waals surface area contributed by atoms with Gasteiger partial charge in [-0.3, -0.25) is 4.68 Å². The molecule has 14 heavy (non-hydrogen) atoms. The number of nitrogen functional groups attached to an aromatic ring is 1. The summed E-state index contributed by atoms with van der Waals surface area (Å²) >= 11 is 0. The molecule has 1 rings (SSSR count). The van der Waals surface area contributed by atoms with Crippen LogP contribution >= 0.6 is 0 Å². The van der Waals surface area contributed by atoms with Crippen molar-refractivity contribution in [3.05, 3.63) is 12.3 Å². The van der Waals surface area contributed by atoms with Crippen molar-refractivity contribution < 1.29 is 14.3 Å². The highest BCUT2D eigenvalue weighted by atomic mass is 16.7. The Hall–Kier alpha value is -1.56. The van der Waals surface area contributed by atoms with Gasteiger partial charge in [0.15, 0.2) is 6.79 Å². The summed E-state index contributed by atoms with van der Waals surface area (Å²) in [7, 11) is 0.